The molecule has 0 N–H and O–H groups in total. The Balaban J connectivity index is 2.89. The van der Waals surface area contributed by atoms with Crippen molar-refractivity contribution in [1.82, 2.24) is 14.7 Å². The number of nitrogens with zero attached hydrogens (tertiary/aromatic N) is 3. The van der Waals surface area contributed by atoms with Crippen molar-refractivity contribution in [3.8, 4) is 0 Å². The quantitative estimate of drug-likeness (QED) is 0.709. The number of amides is 1. The third-order valence-electron chi connectivity index (χ3n) is 2.88. The van der Waals surface area contributed by atoms with Gasteiger partial charge in [0.2, 0.25) is 0 Å². The topological polar surface area (TPSA) is 64.4 Å². The molecule has 1 aromatic rings. The maximum Gasteiger partial charge on any atom is 0.325 e. The normalized spacial score (nSPS) is 10.4. The summed E-state index contributed by atoms with van der Waals surface area (Å²) >= 11 is 0. The van der Waals surface area contributed by atoms with Crippen LogP contribution >= 0.6 is 0 Å². The molecule has 0 spiro atoms. The van der Waals surface area contributed by atoms with Crippen molar-refractivity contribution in [2.75, 3.05) is 19.7 Å². The summed E-state index contributed by atoms with van der Waals surface area (Å²) in [7, 11) is 1.78. The zero-order chi connectivity index (χ0) is 15.1. The first-order valence-electron chi connectivity index (χ1n) is 7.00. The van der Waals surface area contributed by atoms with Gasteiger partial charge in [-0.25, -0.2) is 0 Å². The van der Waals surface area contributed by atoms with Gasteiger partial charge in [-0.05, 0) is 19.8 Å². The SMILES string of the molecule is CCCN(CC(=O)OCC)C(=O)c1cn(C)nc1CC. The van der Waals surface area contributed by atoms with E-state index < -0.39 is 0 Å². The number of hydrogen-bond donors (Lipinski definition) is 0. The lowest BCUT2D eigenvalue weighted by Crippen LogP contribution is -2.37. The standard InChI is InChI=1S/C14H23N3O3/c1-5-8-17(10-13(18)20-7-3)14(19)11-9-16(4)15-12(11)6-2/h9H,5-8,10H2,1-4H3. The summed E-state index contributed by atoms with van der Waals surface area (Å²) in [5.41, 5.74) is 1.32. The van der Waals surface area contributed by atoms with Crippen molar-refractivity contribution in [2.45, 2.75) is 33.6 Å². The van der Waals surface area contributed by atoms with Crippen LogP contribution in [-0.4, -0.2) is 46.3 Å². The fourth-order valence-electron chi connectivity index (χ4n) is 2.03. The van der Waals surface area contributed by atoms with E-state index in [0.29, 0.717) is 25.1 Å². The second-order valence-electron chi connectivity index (χ2n) is 4.55. The molecule has 0 radical (unpaired) electrons. The Morgan fingerprint density at radius 1 is 1.35 bits per heavy atom. The second kappa shape index (κ2) is 7.67. The molecule has 0 aliphatic heterocycles. The molecule has 6 heteroatoms. The van der Waals surface area contributed by atoms with Gasteiger partial charge in [0.15, 0.2) is 0 Å². The summed E-state index contributed by atoms with van der Waals surface area (Å²) in [6.45, 7) is 6.50. The van der Waals surface area contributed by atoms with E-state index in [-0.39, 0.29) is 18.4 Å². The lowest BCUT2D eigenvalue weighted by Gasteiger charge is -2.20. The summed E-state index contributed by atoms with van der Waals surface area (Å²) in [6, 6.07) is 0. The maximum absolute atomic E-state index is 12.5. The summed E-state index contributed by atoms with van der Waals surface area (Å²) < 4.78 is 6.54. The van der Waals surface area contributed by atoms with Crippen LogP contribution in [-0.2, 0) is 23.0 Å². The van der Waals surface area contributed by atoms with Crippen LogP contribution in [0.3, 0.4) is 0 Å². The molecule has 0 unspecified atom stereocenters. The molecule has 0 fully saturated rings. The zero-order valence-corrected chi connectivity index (χ0v) is 12.7. The minimum atomic E-state index is -0.378. The average Bonchev–Trinajstić information content (AvgIpc) is 2.79. The number of aromatic nitrogens is 2. The number of esters is 1. The minimum Gasteiger partial charge on any atom is -0.465 e. The maximum atomic E-state index is 12.5. The molecule has 0 aliphatic rings. The molecule has 1 aromatic heterocycles. The first-order chi connectivity index (χ1) is 9.53. The van der Waals surface area contributed by atoms with Crippen LogP contribution in [0.2, 0.25) is 0 Å². The van der Waals surface area contributed by atoms with E-state index in [4.69, 9.17) is 4.74 Å². The molecule has 112 valence electrons. The molecule has 0 aromatic carbocycles. The van der Waals surface area contributed by atoms with Crippen molar-refractivity contribution in [1.29, 1.82) is 0 Å². The molecule has 0 saturated heterocycles. The van der Waals surface area contributed by atoms with Crippen LogP contribution in [0, 0.1) is 0 Å². The predicted octanol–water partition coefficient (Wildman–Crippen LogP) is 1.40. The number of carbonyl (C=O) groups excluding carboxylic acids is 2. The molecule has 20 heavy (non-hydrogen) atoms. The van der Waals surface area contributed by atoms with Crippen LogP contribution in [0.25, 0.3) is 0 Å². The van der Waals surface area contributed by atoms with Gasteiger partial charge in [0.25, 0.3) is 5.91 Å². The van der Waals surface area contributed by atoms with E-state index >= 15 is 0 Å². The van der Waals surface area contributed by atoms with Crippen molar-refractivity contribution in [3.05, 3.63) is 17.5 Å². The Hall–Kier alpha value is -1.85. The Morgan fingerprint density at radius 3 is 2.60 bits per heavy atom. The second-order valence-corrected chi connectivity index (χ2v) is 4.55. The van der Waals surface area contributed by atoms with Gasteiger partial charge in [0, 0.05) is 19.8 Å². The van der Waals surface area contributed by atoms with Gasteiger partial charge in [-0.2, -0.15) is 5.10 Å². The minimum absolute atomic E-state index is 0.0153. The zero-order valence-electron chi connectivity index (χ0n) is 12.7. The number of aryl methyl sites for hydroxylation is 2. The molecular weight excluding hydrogens is 258 g/mol. The number of hydrogen-bond acceptors (Lipinski definition) is 4. The van der Waals surface area contributed by atoms with Gasteiger partial charge in [0.1, 0.15) is 6.54 Å². The van der Waals surface area contributed by atoms with Crippen molar-refractivity contribution < 1.29 is 14.3 Å². The van der Waals surface area contributed by atoms with Crippen molar-refractivity contribution in [2.24, 2.45) is 7.05 Å². The molecule has 0 saturated carbocycles. The Morgan fingerprint density at radius 2 is 2.05 bits per heavy atom. The third-order valence-corrected chi connectivity index (χ3v) is 2.88. The van der Waals surface area contributed by atoms with E-state index in [1.807, 2.05) is 13.8 Å². The molecule has 0 aliphatic carbocycles. The molecular formula is C14H23N3O3. The first kappa shape index (κ1) is 16.2. The van der Waals surface area contributed by atoms with Crippen molar-refractivity contribution >= 4 is 11.9 Å². The van der Waals surface area contributed by atoms with Gasteiger partial charge < -0.3 is 9.64 Å². The third kappa shape index (κ3) is 4.08. The Bertz CT molecular complexity index is 468. The Labute approximate surface area is 119 Å². The first-order valence-corrected chi connectivity index (χ1v) is 7.00. The van der Waals surface area contributed by atoms with E-state index in [1.54, 1.807) is 24.9 Å². The van der Waals surface area contributed by atoms with Crippen LogP contribution in [0.1, 0.15) is 43.2 Å². The fourth-order valence-corrected chi connectivity index (χ4v) is 2.03. The van der Waals surface area contributed by atoms with Crippen LogP contribution < -0.4 is 0 Å². The molecule has 0 atom stereocenters. The van der Waals surface area contributed by atoms with E-state index in [0.717, 1.165) is 12.1 Å². The molecule has 6 nitrogen and oxygen atoms in total. The highest BCUT2D eigenvalue weighted by Crippen LogP contribution is 2.11. The van der Waals surface area contributed by atoms with Gasteiger partial charge in [-0.1, -0.05) is 13.8 Å². The van der Waals surface area contributed by atoms with Gasteiger partial charge in [-0.3, -0.25) is 14.3 Å². The van der Waals surface area contributed by atoms with Crippen molar-refractivity contribution in [3.63, 3.8) is 0 Å². The summed E-state index contributed by atoms with van der Waals surface area (Å²) in [5, 5.41) is 4.26. The predicted molar refractivity (Wildman–Crippen MR) is 75.4 cm³/mol. The van der Waals surface area contributed by atoms with E-state index in [1.165, 1.54) is 4.90 Å². The summed E-state index contributed by atoms with van der Waals surface area (Å²) in [5.74, 6) is -0.541. The number of carbonyl (C=O) groups is 2. The largest absolute Gasteiger partial charge is 0.465 e. The van der Waals surface area contributed by atoms with Crippen LogP contribution in [0.5, 0.6) is 0 Å². The van der Waals surface area contributed by atoms with Gasteiger partial charge in [-0.15, -0.1) is 0 Å². The lowest BCUT2D eigenvalue weighted by atomic mass is 10.2. The van der Waals surface area contributed by atoms with Gasteiger partial charge in [0.05, 0.1) is 17.9 Å². The smallest absolute Gasteiger partial charge is 0.325 e. The molecule has 1 heterocycles. The average molecular weight is 281 g/mol. The highest BCUT2D eigenvalue weighted by atomic mass is 16.5. The summed E-state index contributed by atoms with van der Waals surface area (Å²) in [4.78, 5) is 25.6. The van der Waals surface area contributed by atoms with E-state index in [2.05, 4.69) is 5.10 Å². The summed E-state index contributed by atoms with van der Waals surface area (Å²) in [6.07, 6.45) is 3.17. The fraction of sp³-hybridized carbons (Fsp3) is 0.643. The number of ether oxygens (including phenoxy) is 1. The van der Waals surface area contributed by atoms with Crippen LogP contribution in [0.15, 0.2) is 6.20 Å². The van der Waals surface area contributed by atoms with Crippen LogP contribution in [0.4, 0.5) is 0 Å². The lowest BCUT2D eigenvalue weighted by molar-refractivity contribution is -0.143. The monoisotopic (exact) mass is 281 g/mol. The highest BCUT2D eigenvalue weighted by molar-refractivity contribution is 5.96. The highest BCUT2D eigenvalue weighted by Gasteiger charge is 2.22. The molecule has 0 bridgehead atoms. The van der Waals surface area contributed by atoms with Gasteiger partial charge >= 0.3 is 5.97 Å². The number of rotatable bonds is 7. The molecule has 1 rings (SSSR count). The molecule has 1 amide bonds. The van der Waals surface area contributed by atoms with E-state index in [9.17, 15) is 9.59 Å². The Kier molecular flexibility index (Phi) is 6.21.